The highest BCUT2D eigenvalue weighted by molar-refractivity contribution is 7.92. The van der Waals surface area contributed by atoms with Crippen LogP contribution in [0.2, 0.25) is 5.02 Å². The molecule has 3 N–H and O–H groups in total. The summed E-state index contributed by atoms with van der Waals surface area (Å²) in [5.74, 6) is -1.43. The Kier molecular flexibility index (Phi) is 10.6. The molecule has 0 aromatic heterocycles. The van der Waals surface area contributed by atoms with Gasteiger partial charge in [-0.3, -0.25) is 14.3 Å². The van der Waals surface area contributed by atoms with E-state index in [0.717, 1.165) is 42.6 Å². The average molecular weight is 693 g/mol. The summed E-state index contributed by atoms with van der Waals surface area (Å²) in [5.41, 5.74) is 3.88. The van der Waals surface area contributed by atoms with Gasteiger partial charge in [0.05, 0.1) is 22.2 Å². The summed E-state index contributed by atoms with van der Waals surface area (Å²) < 4.78 is 29.6. The third kappa shape index (κ3) is 8.49. The molecule has 0 spiro atoms. The van der Waals surface area contributed by atoms with Crippen LogP contribution in [0, 0.1) is 0 Å². The van der Waals surface area contributed by atoms with E-state index in [9.17, 15) is 18.0 Å². The summed E-state index contributed by atoms with van der Waals surface area (Å²) in [7, 11) is -4.02. The zero-order valence-corrected chi connectivity index (χ0v) is 28.3. The van der Waals surface area contributed by atoms with E-state index in [1.165, 1.54) is 12.1 Å². The summed E-state index contributed by atoms with van der Waals surface area (Å²) >= 11 is 5.99. The molecule has 250 valence electrons. The van der Waals surface area contributed by atoms with Gasteiger partial charge in [-0.2, -0.15) is 0 Å². The topological polar surface area (TPSA) is 108 Å². The number of hydrogen-bond donors (Lipinski definition) is 3. The van der Waals surface area contributed by atoms with E-state index in [0.29, 0.717) is 22.1 Å². The maximum Gasteiger partial charge on any atom is 0.261 e. The van der Waals surface area contributed by atoms with Crippen LogP contribution in [-0.4, -0.2) is 39.4 Å². The normalized spacial score (nSPS) is 13.6. The molecule has 6 rings (SSSR count). The van der Waals surface area contributed by atoms with Gasteiger partial charge < -0.3 is 15.5 Å². The molecule has 2 amide bonds. The third-order valence-corrected chi connectivity index (χ3v) is 10.2. The molecule has 5 aromatic carbocycles. The Balaban J connectivity index is 1.32. The molecule has 0 aliphatic carbocycles. The second kappa shape index (κ2) is 15.4. The predicted molar refractivity (Wildman–Crippen MR) is 196 cm³/mol. The molecule has 1 heterocycles. The molecule has 10 heteroatoms. The molecule has 8 nitrogen and oxygen atoms in total. The molecule has 1 atom stereocenters. The smallest absolute Gasteiger partial charge is 0.261 e. The van der Waals surface area contributed by atoms with Crippen LogP contribution in [0.3, 0.4) is 0 Å². The minimum atomic E-state index is -4.02. The third-order valence-electron chi connectivity index (χ3n) is 8.52. The average Bonchev–Trinajstić information content (AvgIpc) is 3.65. The van der Waals surface area contributed by atoms with Gasteiger partial charge in [-0.05, 0) is 72.0 Å². The summed E-state index contributed by atoms with van der Waals surface area (Å²) in [5, 5.41) is 6.54. The van der Waals surface area contributed by atoms with Crippen molar-refractivity contribution in [3.8, 4) is 0 Å². The molecular weight excluding hydrogens is 656 g/mol. The first-order chi connectivity index (χ1) is 23.8. The quantitative estimate of drug-likeness (QED) is 0.128. The number of rotatable bonds is 12. The number of carbonyl (C=O) groups is 2. The minimum Gasteiger partial charge on any atom is -0.370 e. The van der Waals surface area contributed by atoms with Gasteiger partial charge in [0.25, 0.3) is 10.0 Å². The van der Waals surface area contributed by atoms with E-state index >= 15 is 0 Å². The number of amides is 2. The highest BCUT2D eigenvalue weighted by Crippen LogP contribution is 2.33. The Morgan fingerprint density at radius 1 is 0.714 bits per heavy atom. The van der Waals surface area contributed by atoms with Crippen molar-refractivity contribution in [1.82, 2.24) is 5.32 Å². The van der Waals surface area contributed by atoms with E-state index in [2.05, 4.69) is 20.3 Å². The molecule has 5 aromatic rings. The van der Waals surface area contributed by atoms with Crippen molar-refractivity contribution < 1.29 is 18.0 Å². The number of sulfonamides is 1. The predicted octanol–water partition coefficient (Wildman–Crippen LogP) is 7.24. The monoisotopic (exact) mass is 692 g/mol. The first-order valence-electron chi connectivity index (χ1n) is 16.2. The first kappa shape index (κ1) is 33.8. The molecule has 0 bridgehead atoms. The van der Waals surface area contributed by atoms with Crippen molar-refractivity contribution in [1.29, 1.82) is 0 Å². The Morgan fingerprint density at radius 3 is 1.88 bits per heavy atom. The molecule has 0 saturated carbocycles. The van der Waals surface area contributed by atoms with E-state index in [4.69, 9.17) is 11.6 Å². The van der Waals surface area contributed by atoms with Gasteiger partial charge in [-0.15, -0.1) is 0 Å². The molecule has 1 aliphatic heterocycles. The Morgan fingerprint density at radius 2 is 1.29 bits per heavy atom. The second-order valence-corrected chi connectivity index (χ2v) is 14.1. The van der Waals surface area contributed by atoms with E-state index < -0.39 is 27.9 Å². The number of halogens is 1. The lowest BCUT2D eigenvalue weighted by Crippen LogP contribution is -2.47. The number of nitrogens with zero attached hydrogens (tertiary/aromatic N) is 1. The number of carbonyl (C=O) groups excluding carboxylic acids is 2. The van der Waals surface area contributed by atoms with E-state index in [1.807, 2.05) is 91.0 Å². The van der Waals surface area contributed by atoms with Crippen LogP contribution in [-0.2, 0) is 26.0 Å². The zero-order valence-electron chi connectivity index (χ0n) is 26.8. The molecule has 1 fully saturated rings. The lowest BCUT2D eigenvalue weighted by molar-refractivity contribution is -0.126. The van der Waals surface area contributed by atoms with Crippen molar-refractivity contribution in [2.45, 2.75) is 36.1 Å². The van der Waals surface area contributed by atoms with Crippen molar-refractivity contribution in [2.75, 3.05) is 28.0 Å². The van der Waals surface area contributed by atoms with Crippen LogP contribution in [0.15, 0.2) is 138 Å². The standard InChI is InChI=1S/C39H37ClN4O4S/c40-31-18-20-32(21-19-31)43-49(47,48)33-22-23-36(44-24-10-11-25-44)34(27-33)41-38(45)35(26-28-12-4-1-5-13-28)42-39(46)37(29-14-6-2-7-15-29)30-16-8-3-9-17-30/h1-9,12-23,27,35,37,43H,10-11,24-26H2,(H,41,45)(H,42,46). The summed E-state index contributed by atoms with van der Waals surface area (Å²) in [6, 6.07) is 38.5. The Labute approximate surface area is 292 Å². The second-order valence-electron chi connectivity index (χ2n) is 12.0. The minimum absolute atomic E-state index is 0.0161. The van der Waals surface area contributed by atoms with Gasteiger partial charge in [-0.1, -0.05) is 103 Å². The van der Waals surface area contributed by atoms with Crippen LogP contribution < -0.4 is 20.3 Å². The van der Waals surface area contributed by atoms with Crippen LogP contribution in [0.1, 0.15) is 35.4 Å². The van der Waals surface area contributed by atoms with Gasteiger partial charge in [0.1, 0.15) is 6.04 Å². The maximum atomic E-state index is 14.3. The van der Waals surface area contributed by atoms with E-state index in [-0.39, 0.29) is 17.2 Å². The SMILES string of the molecule is O=C(Nc1cc(S(=O)(=O)Nc2ccc(Cl)cc2)ccc1N1CCCC1)C(Cc1ccccc1)NC(=O)C(c1ccccc1)c1ccccc1. The first-order valence-corrected chi connectivity index (χ1v) is 18.1. The van der Waals surface area contributed by atoms with Crippen LogP contribution >= 0.6 is 11.6 Å². The largest absolute Gasteiger partial charge is 0.370 e. The molecule has 1 saturated heterocycles. The molecule has 1 aliphatic rings. The Hall–Kier alpha value is -5.12. The van der Waals surface area contributed by atoms with E-state index in [1.54, 1.807) is 30.3 Å². The summed E-state index contributed by atoms with van der Waals surface area (Å²) in [6.45, 7) is 1.55. The highest BCUT2D eigenvalue weighted by atomic mass is 35.5. The van der Waals surface area contributed by atoms with Gasteiger partial charge in [0.2, 0.25) is 11.8 Å². The molecular formula is C39H37ClN4O4S. The highest BCUT2D eigenvalue weighted by Gasteiger charge is 2.30. The fourth-order valence-corrected chi connectivity index (χ4v) is 7.28. The Bertz CT molecular complexity index is 1950. The summed E-state index contributed by atoms with van der Waals surface area (Å²) in [4.78, 5) is 30.6. The lowest BCUT2D eigenvalue weighted by Gasteiger charge is -2.26. The fraction of sp³-hybridized carbons (Fsp3) is 0.179. The van der Waals surface area contributed by atoms with Crippen molar-refractivity contribution in [2.24, 2.45) is 0 Å². The van der Waals surface area contributed by atoms with Crippen LogP contribution in [0.25, 0.3) is 0 Å². The maximum absolute atomic E-state index is 14.3. The van der Waals surface area contributed by atoms with Gasteiger partial charge in [0.15, 0.2) is 0 Å². The number of anilines is 3. The van der Waals surface area contributed by atoms with Crippen molar-refractivity contribution >= 4 is 50.5 Å². The lowest BCUT2D eigenvalue weighted by atomic mass is 9.90. The van der Waals surface area contributed by atoms with Crippen molar-refractivity contribution in [3.63, 3.8) is 0 Å². The van der Waals surface area contributed by atoms with Gasteiger partial charge in [0, 0.05) is 30.2 Å². The number of benzene rings is 5. The van der Waals surface area contributed by atoms with Crippen molar-refractivity contribution in [3.05, 3.63) is 155 Å². The molecule has 49 heavy (non-hydrogen) atoms. The number of hydrogen-bond acceptors (Lipinski definition) is 5. The van der Waals surface area contributed by atoms with Gasteiger partial charge >= 0.3 is 0 Å². The molecule has 0 radical (unpaired) electrons. The van der Waals surface area contributed by atoms with Crippen LogP contribution in [0.4, 0.5) is 17.1 Å². The van der Waals surface area contributed by atoms with Crippen LogP contribution in [0.5, 0.6) is 0 Å². The van der Waals surface area contributed by atoms with Gasteiger partial charge in [-0.25, -0.2) is 8.42 Å². The number of nitrogens with one attached hydrogen (secondary N) is 3. The molecule has 1 unspecified atom stereocenters. The summed E-state index contributed by atoms with van der Waals surface area (Å²) in [6.07, 6.45) is 2.20. The fourth-order valence-electron chi connectivity index (χ4n) is 6.07. The zero-order chi connectivity index (χ0) is 34.2.